The molecule has 1 atom stereocenters. The van der Waals surface area contributed by atoms with Crippen LogP contribution < -0.4 is 4.74 Å². The van der Waals surface area contributed by atoms with E-state index in [0.717, 1.165) is 16.6 Å². The van der Waals surface area contributed by atoms with E-state index in [1.807, 2.05) is 43.3 Å². The fourth-order valence-electron chi connectivity index (χ4n) is 5.09. The Balaban J connectivity index is 1.34. The van der Waals surface area contributed by atoms with E-state index in [2.05, 4.69) is 0 Å². The van der Waals surface area contributed by atoms with Crippen LogP contribution in [0, 0.1) is 12.8 Å². The van der Waals surface area contributed by atoms with Crippen molar-refractivity contribution in [1.29, 1.82) is 0 Å². The van der Waals surface area contributed by atoms with Gasteiger partial charge in [0.1, 0.15) is 12.2 Å². The minimum atomic E-state index is -0.857. The Morgan fingerprint density at radius 1 is 1.21 bits per heavy atom. The number of halogens is 2. The number of carbonyl (C=O) groups is 1. The number of fused-ring (bicyclic) bond motifs is 2. The van der Waals surface area contributed by atoms with Gasteiger partial charge in [-0.2, -0.15) is 0 Å². The van der Waals surface area contributed by atoms with Crippen LogP contribution in [0.1, 0.15) is 44.4 Å². The zero-order valence-electron chi connectivity index (χ0n) is 20.7. The van der Waals surface area contributed by atoms with E-state index < -0.39 is 6.10 Å². The highest BCUT2D eigenvalue weighted by molar-refractivity contribution is 6.37. The van der Waals surface area contributed by atoms with Crippen molar-refractivity contribution in [2.24, 2.45) is 5.92 Å². The summed E-state index contributed by atoms with van der Waals surface area (Å²) in [6.07, 6.45) is 1.29. The van der Waals surface area contributed by atoms with Crippen molar-refractivity contribution in [3.05, 3.63) is 92.3 Å². The molecule has 1 fully saturated rings. The quantitative estimate of drug-likeness (QED) is 0.307. The molecular weight excluding hydrogens is 527 g/mol. The van der Waals surface area contributed by atoms with Gasteiger partial charge in [0.15, 0.2) is 0 Å². The summed E-state index contributed by atoms with van der Waals surface area (Å²) in [5, 5.41) is 12.4. The lowest BCUT2D eigenvalue weighted by molar-refractivity contribution is -0.0923. The summed E-state index contributed by atoms with van der Waals surface area (Å²) >= 11 is 13.4. The summed E-state index contributed by atoms with van der Waals surface area (Å²) in [6.45, 7) is 3.78. The Morgan fingerprint density at radius 3 is 2.74 bits per heavy atom. The van der Waals surface area contributed by atoms with E-state index >= 15 is 0 Å². The van der Waals surface area contributed by atoms with Crippen molar-refractivity contribution in [1.82, 2.24) is 9.88 Å². The number of amides is 1. The predicted octanol–water partition coefficient (Wildman–Crippen LogP) is 5.90. The Bertz CT molecular complexity index is 1520. The van der Waals surface area contributed by atoms with Crippen LogP contribution >= 0.6 is 23.2 Å². The molecule has 2 aliphatic rings. The topological polar surface area (TPSA) is 85.0 Å². The van der Waals surface area contributed by atoms with Crippen LogP contribution in [0.3, 0.4) is 0 Å². The molecule has 4 aromatic rings. The van der Waals surface area contributed by atoms with Gasteiger partial charge in [-0.15, -0.1) is 0 Å². The summed E-state index contributed by atoms with van der Waals surface area (Å²) in [7, 11) is 0. The minimum absolute atomic E-state index is 0.0772. The number of carbonyl (C=O) groups excluding carboxylic acids is 1. The number of ether oxygens (including phenoxy) is 2. The average Bonchev–Trinajstić information content (AvgIpc) is 3.38. The number of benzene rings is 2. The second kappa shape index (κ2) is 10.2. The number of pyridine rings is 1. The van der Waals surface area contributed by atoms with Crippen LogP contribution in [0.5, 0.6) is 5.88 Å². The number of nitrogens with zero attached hydrogens (tertiary/aromatic N) is 2. The van der Waals surface area contributed by atoms with Gasteiger partial charge in [0.05, 0.1) is 54.0 Å². The van der Waals surface area contributed by atoms with E-state index in [1.54, 1.807) is 17.2 Å². The second-order valence-corrected chi connectivity index (χ2v) is 10.5. The fraction of sp³-hybridized carbons (Fsp3) is 0.310. The highest BCUT2D eigenvalue weighted by Gasteiger charge is 2.35. The van der Waals surface area contributed by atoms with E-state index in [-0.39, 0.29) is 23.4 Å². The third kappa shape index (κ3) is 4.43. The zero-order chi connectivity index (χ0) is 26.4. The van der Waals surface area contributed by atoms with Gasteiger partial charge in [0.25, 0.3) is 5.91 Å². The van der Waals surface area contributed by atoms with Crippen LogP contribution in [-0.2, 0) is 24.3 Å². The van der Waals surface area contributed by atoms with E-state index in [4.69, 9.17) is 42.1 Å². The summed E-state index contributed by atoms with van der Waals surface area (Å²) < 4.78 is 17.2. The highest BCUT2D eigenvalue weighted by Crippen LogP contribution is 2.41. The maximum absolute atomic E-state index is 13.8. The van der Waals surface area contributed by atoms with Gasteiger partial charge in [-0.05, 0) is 36.6 Å². The first-order chi connectivity index (χ1) is 18.4. The molecule has 0 aliphatic carbocycles. The van der Waals surface area contributed by atoms with Crippen LogP contribution in [0.2, 0.25) is 10.0 Å². The number of aryl methyl sites for hydroxylation is 1. The van der Waals surface area contributed by atoms with Gasteiger partial charge < -0.3 is 23.9 Å². The molecule has 2 aromatic heterocycles. The number of furan rings is 1. The Hall–Kier alpha value is -3.10. The molecule has 6 rings (SSSR count). The number of aromatic nitrogens is 1. The molecule has 4 heterocycles. The van der Waals surface area contributed by atoms with Crippen LogP contribution in [-0.4, -0.2) is 40.7 Å². The largest absolute Gasteiger partial charge is 0.472 e. The number of rotatable bonds is 7. The summed E-state index contributed by atoms with van der Waals surface area (Å²) in [5.74, 6) is 0.0867. The smallest absolute Gasteiger partial charge is 0.256 e. The molecule has 2 aromatic carbocycles. The molecule has 1 unspecified atom stereocenters. The normalized spacial score (nSPS) is 16.4. The number of hydrogen-bond donors (Lipinski definition) is 1. The molecule has 1 saturated heterocycles. The first-order valence-electron chi connectivity index (χ1n) is 12.5. The lowest BCUT2D eigenvalue weighted by atomic mass is 9.89. The molecule has 0 bridgehead atoms. The van der Waals surface area contributed by atoms with Gasteiger partial charge in [-0.1, -0.05) is 53.5 Å². The molecule has 9 heteroatoms. The SMILES string of the molecule is Cc1nc(OCc2ccccc2)c(CN2CCc3c(Cl)cc(C(O)C4COC4)c(Cl)c3C2=O)c2occc12. The Labute approximate surface area is 229 Å². The first-order valence-corrected chi connectivity index (χ1v) is 13.3. The molecule has 7 nitrogen and oxygen atoms in total. The highest BCUT2D eigenvalue weighted by atomic mass is 35.5. The molecule has 196 valence electrons. The van der Waals surface area contributed by atoms with Gasteiger partial charge >= 0.3 is 0 Å². The van der Waals surface area contributed by atoms with Gasteiger partial charge in [-0.3, -0.25) is 4.79 Å². The van der Waals surface area contributed by atoms with Gasteiger partial charge in [-0.25, -0.2) is 4.98 Å². The Kier molecular flexibility index (Phi) is 6.78. The van der Waals surface area contributed by atoms with Crippen molar-refractivity contribution in [2.75, 3.05) is 19.8 Å². The van der Waals surface area contributed by atoms with Crippen molar-refractivity contribution in [3.8, 4) is 5.88 Å². The fourth-order valence-corrected chi connectivity index (χ4v) is 5.76. The number of hydrogen-bond acceptors (Lipinski definition) is 6. The number of aliphatic hydroxyl groups excluding tert-OH is 1. The molecule has 1 N–H and O–H groups in total. The monoisotopic (exact) mass is 552 g/mol. The lowest BCUT2D eigenvalue weighted by Crippen LogP contribution is -2.38. The summed E-state index contributed by atoms with van der Waals surface area (Å²) in [5.41, 5.74) is 4.60. The first kappa shape index (κ1) is 25.2. The van der Waals surface area contributed by atoms with Crippen LogP contribution in [0.25, 0.3) is 11.0 Å². The maximum atomic E-state index is 13.8. The summed E-state index contributed by atoms with van der Waals surface area (Å²) in [6, 6.07) is 13.4. The van der Waals surface area contributed by atoms with E-state index in [0.29, 0.717) is 71.5 Å². The average molecular weight is 553 g/mol. The van der Waals surface area contributed by atoms with E-state index in [1.165, 1.54) is 0 Å². The summed E-state index contributed by atoms with van der Waals surface area (Å²) in [4.78, 5) is 20.3. The molecule has 2 aliphatic heterocycles. The second-order valence-electron chi connectivity index (χ2n) is 9.75. The van der Waals surface area contributed by atoms with Crippen molar-refractivity contribution in [2.45, 2.75) is 32.6 Å². The number of aliphatic hydroxyl groups is 1. The molecule has 0 saturated carbocycles. The van der Waals surface area contributed by atoms with Crippen molar-refractivity contribution >= 4 is 40.1 Å². The minimum Gasteiger partial charge on any atom is -0.472 e. The van der Waals surface area contributed by atoms with Crippen LogP contribution in [0.15, 0.2) is 53.1 Å². The third-order valence-electron chi connectivity index (χ3n) is 7.33. The van der Waals surface area contributed by atoms with Crippen molar-refractivity contribution < 1.29 is 23.8 Å². The van der Waals surface area contributed by atoms with Gasteiger partial charge in [0.2, 0.25) is 5.88 Å². The molecule has 0 spiro atoms. The van der Waals surface area contributed by atoms with Gasteiger partial charge in [0, 0.05) is 28.4 Å². The molecular formula is C29H26Cl2N2O5. The molecule has 0 radical (unpaired) electrons. The standard InChI is InChI=1S/C29H26Cl2N2O5/c1-16-19-8-10-37-27(19)22(28(32-16)38-13-17-5-3-2-4-6-17)12-33-9-7-20-23(30)11-21(25(31)24(20)29(33)35)26(34)18-14-36-15-18/h2-6,8,10-11,18,26,34H,7,9,12-15H2,1H3. The molecule has 38 heavy (non-hydrogen) atoms. The Morgan fingerprint density at radius 2 is 2.00 bits per heavy atom. The lowest BCUT2D eigenvalue weighted by Gasteiger charge is -2.34. The zero-order valence-corrected chi connectivity index (χ0v) is 22.3. The third-order valence-corrected chi connectivity index (χ3v) is 8.08. The maximum Gasteiger partial charge on any atom is 0.256 e. The predicted molar refractivity (Wildman–Crippen MR) is 144 cm³/mol. The van der Waals surface area contributed by atoms with Crippen molar-refractivity contribution in [3.63, 3.8) is 0 Å². The van der Waals surface area contributed by atoms with Crippen LogP contribution in [0.4, 0.5) is 0 Å². The van der Waals surface area contributed by atoms with E-state index in [9.17, 15) is 9.90 Å². The molecule has 1 amide bonds.